The Balaban J connectivity index is 1.80. The lowest BCUT2D eigenvalue weighted by Crippen LogP contribution is -2.41. The Morgan fingerprint density at radius 3 is 2.33 bits per heavy atom. The van der Waals surface area contributed by atoms with Gasteiger partial charge in [0, 0.05) is 5.56 Å². The van der Waals surface area contributed by atoms with Gasteiger partial charge in [-0.3, -0.25) is 0 Å². The van der Waals surface area contributed by atoms with Crippen LogP contribution in [0.3, 0.4) is 0 Å². The lowest BCUT2D eigenvalue weighted by Gasteiger charge is -2.42. The molecule has 0 bridgehead atoms. The fourth-order valence-electron chi connectivity index (χ4n) is 4.11. The topological polar surface area (TPSA) is 61.8 Å². The molecule has 0 aromatic heterocycles. The normalized spacial score (nSPS) is 16.2. The van der Waals surface area contributed by atoms with Crippen molar-refractivity contribution in [2.45, 2.75) is 65.4 Å². The van der Waals surface area contributed by atoms with Crippen LogP contribution in [0.2, 0.25) is 0 Å². The minimum atomic E-state index is -0.433. The Bertz CT molecular complexity index is 954. The van der Waals surface area contributed by atoms with Crippen molar-refractivity contribution < 1.29 is 23.8 Å². The summed E-state index contributed by atoms with van der Waals surface area (Å²) >= 11 is 0. The van der Waals surface area contributed by atoms with Crippen LogP contribution in [-0.2, 0) is 10.2 Å². The van der Waals surface area contributed by atoms with Gasteiger partial charge in [-0.15, -0.1) is 0 Å². The Kier molecular flexibility index (Phi) is 5.93. The Morgan fingerprint density at radius 1 is 1.03 bits per heavy atom. The molecule has 3 rings (SSSR count). The molecule has 2 aromatic carbocycles. The third-order valence-electron chi connectivity index (χ3n) is 5.27. The molecule has 0 unspecified atom stereocenters. The molecule has 0 saturated carbocycles. The molecular formula is C25H30O5. The zero-order valence-electron chi connectivity index (χ0n) is 18.6. The Hall–Kier alpha value is -2.82. The number of esters is 2. The van der Waals surface area contributed by atoms with Crippen molar-refractivity contribution in [2.75, 3.05) is 6.61 Å². The highest BCUT2D eigenvalue weighted by molar-refractivity contribution is 5.93. The fraction of sp³-hybridized carbons (Fsp3) is 0.440. The van der Waals surface area contributed by atoms with Crippen LogP contribution in [0.1, 0.15) is 79.3 Å². The first kappa shape index (κ1) is 21.9. The van der Waals surface area contributed by atoms with Gasteiger partial charge in [-0.2, -0.15) is 0 Å². The van der Waals surface area contributed by atoms with Crippen molar-refractivity contribution in [3.8, 4) is 11.5 Å². The van der Waals surface area contributed by atoms with Crippen LogP contribution in [0.4, 0.5) is 0 Å². The number of rotatable bonds is 5. The van der Waals surface area contributed by atoms with Crippen molar-refractivity contribution in [1.29, 1.82) is 0 Å². The van der Waals surface area contributed by atoms with Gasteiger partial charge in [0.25, 0.3) is 0 Å². The molecule has 1 aliphatic rings. The van der Waals surface area contributed by atoms with Crippen LogP contribution in [0.5, 0.6) is 11.5 Å². The summed E-state index contributed by atoms with van der Waals surface area (Å²) in [6.07, 6.45) is 1.61. The molecule has 0 amide bonds. The first-order valence-corrected chi connectivity index (χ1v) is 10.4. The molecule has 1 aliphatic heterocycles. The Morgan fingerprint density at radius 2 is 1.70 bits per heavy atom. The highest BCUT2D eigenvalue weighted by Crippen LogP contribution is 2.45. The third-order valence-corrected chi connectivity index (χ3v) is 5.27. The van der Waals surface area contributed by atoms with Gasteiger partial charge in [0.15, 0.2) is 0 Å². The number of carbonyl (C=O) groups excluding carboxylic acids is 2. The maximum Gasteiger partial charge on any atom is 0.343 e. The van der Waals surface area contributed by atoms with Crippen LogP contribution in [-0.4, -0.2) is 24.1 Å². The molecule has 5 heteroatoms. The van der Waals surface area contributed by atoms with Crippen LogP contribution in [0, 0.1) is 6.92 Å². The smallest absolute Gasteiger partial charge is 0.343 e. The lowest BCUT2D eigenvalue weighted by atomic mass is 9.73. The van der Waals surface area contributed by atoms with Crippen molar-refractivity contribution in [1.82, 2.24) is 0 Å². The van der Waals surface area contributed by atoms with Crippen LogP contribution in [0.25, 0.3) is 0 Å². The van der Waals surface area contributed by atoms with E-state index >= 15 is 0 Å². The highest BCUT2D eigenvalue weighted by atomic mass is 16.5. The minimum Gasteiger partial charge on any atom is -0.488 e. The first-order chi connectivity index (χ1) is 14.0. The van der Waals surface area contributed by atoms with Crippen molar-refractivity contribution in [3.63, 3.8) is 0 Å². The van der Waals surface area contributed by atoms with Crippen LogP contribution >= 0.6 is 0 Å². The van der Waals surface area contributed by atoms with Gasteiger partial charge in [-0.05, 0) is 81.0 Å². The van der Waals surface area contributed by atoms with Crippen molar-refractivity contribution in [2.24, 2.45) is 0 Å². The lowest BCUT2D eigenvalue weighted by molar-refractivity contribution is 0.0503. The third kappa shape index (κ3) is 4.66. The SMILES string of the molecule is CCCOC(=O)c1ccc(OC(=O)c2cc3c(cc2C)OC(C)(C)CC3(C)C)cc1. The van der Waals surface area contributed by atoms with E-state index in [1.165, 1.54) is 0 Å². The first-order valence-electron chi connectivity index (χ1n) is 10.4. The van der Waals surface area contributed by atoms with Crippen molar-refractivity contribution >= 4 is 11.9 Å². The molecule has 160 valence electrons. The van der Waals surface area contributed by atoms with E-state index in [0.29, 0.717) is 23.5 Å². The molecule has 0 fully saturated rings. The van der Waals surface area contributed by atoms with Gasteiger partial charge in [-0.25, -0.2) is 9.59 Å². The summed E-state index contributed by atoms with van der Waals surface area (Å²) in [5.74, 6) is 0.378. The van der Waals surface area contributed by atoms with Gasteiger partial charge in [0.2, 0.25) is 0 Å². The van der Waals surface area contributed by atoms with Gasteiger partial charge < -0.3 is 14.2 Å². The minimum absolute atomic E-state index is 0.125. The maximum atomic E-state index is 12.9. The zero-order valence-corrected chi connectivity index (χ0v) is 18.6. The fourth-order valence-corrected chi connectivity index (χ4v) is 4.11. The van der Waals surface area contributed by atoms with E-state index < -0.39 is 5.97 Å². The van der Waals surface area contributed by atoms with E-state index in [1.54, 1.807) is 24.3 Å². The number of carbonyl (C=O) groups is 2. The quantitative estimate of drug-likeness (QED) is 0.473. The summed E-state index contributed by atoms with van der Waals surface area (Å²) in [6, 6.07) is 10.2. The zero-order chi connectivity index (χ0) is 22.1. The van der Waals surface area contributed by atoms with Crippen molar-refractivity contribution in [3.05, 3.63) is 58.7 Å². The average molecular weight is 411 g/mol. The Labute approximate surface area is 178 Å². The highest BCUT2D eigenvalue weighted by Gasteiger charge is 2.39. The van der Waals surface area contributed by atoms with E-state index in [0.717, 1.165) is 29.7 Å². The number of benzene rings is 2. The van der Waals surface area contributed by atoms with E-state index in [2.05, 4.69) is 27.7 Å². The van der Waals surface area contributed by atoms with Gasteiger partial charge in [0.1, 0.15) is 17.1 Å². The molecule has 30 heavy (non-hydrogen) atoms. The summed E-state index contributed by atoms with van der Waals surface area (Å²) < 4.78 is 16.8. The molecule has 0 spiro atoms. The largest absolute Gasteiger partial charge is 0.488 e. The molecular weight excluding hydrogens is 380 g/mol. The summed E-state index contributed by atoms with van der Waals surface area (Å²) in [5, 5.41) is 0. The maximum absolute atomic E-state index is 12.9. The standard InChI is InChI=1S/C25H30O5/c1-7-12-28-22(26)17-8-10-18(11-9-17)29-23(27)19-14-20-21(13-16(19)2)30-25(5,6)15-24(20,3)4/h8-11,13-14H,7,12,15H2,1-6H3. The molecule has 5 nitrogen and oxygen atoms in total. The van der Waals surface area contributed by atoms with Gasteiger partial charge >= 0.3 is 11.9 Å². The van der Waals surface area contributed by atoms with E-state index in [-0.39, 0.29) is 17.0 Å². The summed E-state index contributed by atoms with van der Waals surface area (Å²) in [7, 11) is 0. The summed E-state index contributed by atoms with van der Waals surface area (Å²) in [5.41, 5.74) is 2.36. The molecule has 0 radical (unpaired) electrons. The predicted molar refractivity (Wildman–Crippen MR) is 116 cm³/mol. The number of ether oxygens (including phenoxy) is 3. The van der Waals surface area contributed by atoms with E-state index in [1.807, 2.05) is 26.0 Å². The summed E-state index contributed by atoms with van der Waals surface area (Å²) in [4.78, 5) is 24.8. The van der Waals surface area contributed by atoms with Crippen LogP contribution < -0.4 is 9.47 Å². The molecule has 2 aromatic rings. The van der Waals surface area contributed by atoms with Crippen LogP contribution in [0.15, 0.2) is 36.4 Å². The van der Waals surface area contributed by atoms with Gasteiger partial charge in [0.05, 0.1) is 17.7 Å². The molecule has 0 aliphatic carbocycles. The van der Waals surface area contributed by atoms with Gasteiger partial charge in [-0.1, -0.05) is 20.8 Å². The number of fused-ring (bicyclic) bond motifs is 1. The second-order valence-corrected chi connectivity index (χ2v) is 9.14. The van der Waals surface area contributed by atoms with E-state index in [9.17, 15) is 9.59 Å². The molecule has 1 heterocycles. The second kappa shape index (κ2) is 8.13. The molecule has 0 saturated heterocycles. The second-order valence-electron chi connectivity index (χ2n) is 9.14. The number of hydrogen-bond acceptors (Lipinski definition) is 5. The monoisotopic (exact) mass is 410 g/mol. The number of aryl methyl sites for hydroxylation is 1. The predicted octanol–water partition coefficient (Wildman–Crippen LogP) is 5.62. The summed E-state index contributed by atoms with van der Waals surface area (Å²) in [6.45, 7) is 12.7. The number of hydrogen-bond donors (Lipinski definition) is 0. The molecule has 0 atom stereocenters. The molecule has 0 N–H and O–H groups in total. The van der Waals surface area contributed by atoms with E-state index in [4.69, 9.17) is 14.2 Å². The average Bonchev–Trinajstić information content (AvgIpc) is 2.64.